The molecule has 0 spiro atoms. The van der Waals surface area contributed by atoms with E-state index < -0.39 is 11.9 Å². The molecule has 0 fully saturated rings. The van der Waals surface area contributed by atoms with Gasteiger partial charge in [0.25, 0.3) is 0 Å². The number of esters is 1. The second-order valence-corrected chi connectivity index (χ2v) is 9.30. The van der Waals surface area contributed by atoms with Crippen molar-refractivity contribution in [2.45, 2.75) is 32.6 Å². The van der Waals surface area contributed by atoms with Gasteiger partial charge in [0.1, 0.15) is 28.9 Å². The van der Waals surface area contributed by atoms with Crippen molar-refractivity contribution in [3.05, 3.63) is 92.8 Å². The summed E-state index contributed by atoms with van der Waals surface area (Å²) in [6, 6.07) is 17.4. The number of benzene rings is 3. The number of fused-ring (bicyclic) bond motifs is 1. The number of hydrogen-bond acceptors (Lipinski definition) is 7. The molecule has 0 saturated carbocycles. The van der Waals surface area contributed by atoms with Gasteiger partial charge in [0, 0.05) is 11.6 Å². The lowest BCUT2D eigenvalue weighted by Crippen LogP contribution is -2.21. The van der Waals surface area contributed by atoms with Gasteiger partial charge in [-0.1, -0.05) is 54.7 Å². The van der Waals surface area contributed by atoms with Gasteiger partial charge in [-0.25, -0.2) is 4.79 Å². The number of ether oxygens (including phenoxy) is 4. The van der Waals surface area contributed by atoms with Crippen LogP contribution in [0.4, 0.5) is 0 Å². The Labute approximate surface area is 231 Å². The van der Waals surface area contributed by atoms with Gasteiger partial charge >= 0.3 is 5.97 Å². The molecule has 0 aromatic heterocycles. The predicted molar refractivity (Wildman–Crippen MR) is 145 cm³/mol. The summed E-state index contributed by atoms with van der Waals surface area (Å²) in [4.78, 5) is 12.9. The number of nitrogens with two attached hydrogens (primary N) is 1. The van der Waals surface area contributed by atoms with E-state index in [1.165, 1.54) is 12.1 Å². The highest BCUT2D eigenvalue weighted by Crippen LogP contribution is 2.44. The Morgan fingerprint density at radius 3 is 2.34 bits per heavy atom. The zero-order valence-electron chi connectivity index (χ0n) is 20.9. The molecule has 3 aromatic carbocycles. The fraction of sp³-hybridized carbons (Fsp3) is 0.241. The second-order valence-electron chi connectivity index (χ2n) is 8.49. The Balaban J connectivity index is 1.59. The Hall–Kier alpha value is -3.86. The highest BCUT2D eigenvalue weighted by Gasteiger charge is 2.31. The van der Waals surface area contributed by atoms with Gasteiger partial charge in [0.05, 0.1) is 34.7 Å². The van der Waals surface area contributed by atoms with Crippen LogP contribution in [0.2, 0.25) is 10.0 Å². The number of nitrogens with zero attached hydrogens (tertiary/aromatic N) is 1. The molecule has 0 radical (unpaired) electrons. The smallest absolute Gasteiger partial charge is 0.343 e. The van der Waals surface area contributed by atoms with E-state index in [9.17, 15) is 10.1 Å². The number of halogens is 2. The number of allylic oxidation sites excluding steroid dienone is 1. The van der Waals surface area contributed by atoms with Crippen molar-refractivity contribution >= 4 is 29.2 Å². The van der Waals surface area contributed by atoms with E-state index in [2.05, 4.69) is 6.07 Å². The van der Waals surface area contributed by atoms with Crippen LogP contribution in [-0.4, -0.2) is 19.2 Å². The van der Waals surface area contributed by atoms with Crippen LogP contribution < -0.4 is 24.7 Å². The quantitative estimate of drug-likeness (QED) is 0.173. The summed E-state index contributed by atoms with van der Waals surface area (Å²) in [6.45, 7) is 4.97. The monoisotopic (exact) mass is 552 g/mol. The summed E-state index contributed by atoms with van der Waals surface area (Å²) >= 11 is 12.6. The first-order valence-corrected chi connectivity index (χ1v) is 12.9. The van der Waals surface area contributed by atoms with E-state index in [1.54, 1.807) is 18.2 Å². The average molecular weight is 553 g/mol. The fourth-order valence-electron chi connectivity index (χ4n) is 4.07. The third kappa shape index (κ3) is 5.83. The van der Waals surface area contributed by atoms with Crippen molar-refractivity contribution < 1.29 is 23.7 Å². The highest BCUT2D eigenvalue weighted by atomic mass is 35.5. The first kappa shape index (κ1) is 27.2. The van der Waals surface area contributed by atoms with Crippen LogP contribution in [0.15, 0.2) is 66.1 Å². The third-order valence-corrected chi connectivity index (χ3v) is 6.47. The second kappa shape index (κ2) is 12.1. The zero-order chi connectivity index (χ0) is 27.2. The summed E-state index contributed by atoms with van der Waals surface area (Å²) < 4.78 is 22.5. The molecule has 1 unspecified atom stereocenters. The normalized spacial score (nSPS) is 14.2. The molecule has 1 aliphatic heterocycles. The van der Waals surface area contributed by atoms with Crippen LogP contribution in [0.25, 0.3) is 0 Å². The van der Waals surface area contributed by atoms with Crippen molar-refractivity contribution in [3.8, 4) is 29.1 Å². The van der Waals surface area contributed by atoms with Crippen LogP contribution in [0.5, 0.6) is 23.0 Å². The molecule has 2 N–H and O–H groups in total. The molecule has 196 valence electrons. The molecule has 1 aliphatic rings. The van der Waals surface area contributed by atoms with Gasteiger partial charge in [-0.15, -0.1) is 0 Å². The summed E-state index contributed by atoms with van der Waals surface area (Å²) in [5.41, 5.74) is 8.11. The third-order valence-electron chi connectivity index (χ3n) is 5.90. The van der Waals surface area contributed by atoms with E-state index in [0.29, 0.717) is 30.3 Å². The minimum Gasteiger partial charge on any atom is -0.494 e. The number of hydrogen-bond donors (Lipinski definition) is 1. The Morgan fingerprint density at radius 1 is 1.03 bits per heavy atom. The number of unbranched alkanes of at least 4 members (excludes halogenated alkanes) is 1. The topological polar surface area (TPSA) is 104 Å². The van der Waals surface area contributed by atoms with E-state index in [-0.39, 0.29) is 32.8 Å². The van der Waals surface area contributed by atoms with Crippen molar-refractivity contribution in [1.29, 1.82) is 5.26 Å². The van der Waals surface area contributed by atoms with Crippen LogP contribution in [0.1, 0.15) is 54.1 Å². The largest absolute Gasteiger partial charge is 0.494 e. The van der Waals surface area contributed by atoms with Gasteiger partial charge in [0.15, 0.2) is 5.75 Å². The molecule has 1 heterocycles. The average Bonchev–Trinajstić information content (AvgIpc) is 2.90. The molecule has 38 heavy (non-hydrogen) atoms. The summed E-state index contributed by atoms with van der Waals surface area (Å²) in [6.07, 6.45) is 1.82. The van der Waals surface area contributed by atoms with Crippen LogP contribution >= 0.6 is 23.2 Å². The maximum atomic E-state index is 12.9. The minimum absolute atomic E-state index is 0.0143. The van der Waals surface area contributed by atoms with Crippen molar-refractivity contribution in [2.24, 2.45) is 5.73 Å². The zero-order valence-corrected chi connectivity index (χ0v) is 22.4. The summed E-state index contributed by atoms with van der Waals surface area (Å²) in [5.74, 6) is 0.526. The molecular weight excluding hydrogens is 527 g/mol. The molecule has 3 aromatic rings. The molecule has 0 bridgehead atoms. The lowest BCUT2D eigenvalue weighted by atomic mass is 9.83. The SMILES string of the molecule is CCCCOc1c(Cl)cc(C(=O)Oc2ccc3c(c2)OC(N)=C(C#N)C3c2ccc(OCC)cc2)cc1Cl. The summed E-state index contributed by atoms with van der Waals surface area (Å²) in [5, 5.41) is 10.2. The maximum Gasteiger partial charge on any atom is 0.343 e. The molecular formula is C29H26Cl2N2O5. The first-order chi connectivity index (χ1) is 18.4. The van der Waals surface area contributed by atoms with Crippen LogP contribution in [-0.2, 0) is 0 Å². The van der Waals surface area contributed by atoms with Gasteiger partial charge in [-0.3, -0.25) is 0 Å². The standard InChI is InChI=1S/C29H26Cl2N2O5/c1-3-5-12-36-27-23(30)13-18(14-24(27)31)29(34)37-20-10-11-21-25(15-20)38-28(33)22(16-32)26(21)17-6-8-19(9-7-17)35-4-2/h6-11,13-15,26H,3-5,12,33H2,1-2H3. The number of carbonyl (C=O) groups is 1. The Morgan fingerprint density at radius 2 is 1.71 bits per heavy atom. The van der Waals surface area contributed by atoms with E-state index >= 15 is 0 Å². The van der Waals surface area contributed by atoms with Crippen LogP contribution in [0.3, 0.4) is 0 Å². The number of carbonyl (C=O) groups excluding carboxylic acids is 1. The summed E-state index contributed by atoms with van der Waals surface area (Å²) in [7, 11) is 0. The van der Waals surface area contributed by atoms with E-state index in [0.717, 1.165) is 24.2 Å². The highest BCUT2D eigenvalue weighted by molar-refractivity contribution is 6.37. The predicted octanol–water partition coefficient (Wildman–Crippen LogP) is 7.01. The molecule has 4 rings (SSSR count). The van der Waals surface area contributed by atoms with Crippen molar-refractivity contribution in [2.75, 3.05) is 13.2 Å². The van der Waals surface area contributed by atoms with Crippen LogP contribution in [0, 0.1) is 11.3 Å². The molecule has 0 amide bonds. The fourth-order valence-corrected chi connectivity index (χ4v) is 4.66. The number of rotatable bonds is 9. The first-order valence-electron chi connectivity index (χ1n) is 12.1. The minimum atomic E-state index is -0.658. The van der Waals surface area contributed by atoms with Gasteiger partial charge < -0.3 is 24.7 Å². The van der Waals surface area contributed by atoms with Gasteiger partial charge in [0.2, 0.25) is 5.88 Å². The van der Waals surface area contributed by atoms with Gasteiger partial charge in [-0.05, 0) is 49.2 Å². The molecule has 1 atom stereocenters. The van der Waals surface area contributed by atoms with Gasteiger partial charge in [-0.2, -0.15) is 5.26 Å². The van der Waals surface area contributed by atoms with E-state index in [4.69, 9.17) is 47.9 Å². The Kier molecular flexibility index (Phi) is 8.67. The molecule has 0 aliphatic carbocycles. The lowest BCUT2D eigenvalue weighted by Gasteiger charge is -2.26. The maximum absolute atomic E-state index is 12.9. The molecule has 7 nitrogen and oxygen atoms in total. The number of nitriles is 1. The van der Waals surface area contributed by atoms with Crippen molar-refractivity contribution in [1.82, 2.24) is 0 Å². The Bertz CT molecular complexity index is 1390. The molecule has 0 saturated heterocycles. The lowest BCUT2D eigenvalue weighted by molar-refractivity contribution is 0.0734. The van der Waals surface area contributed by atoms with Crippen molar-refractivity contribution in [3.63, 3.8) is 0 Å². The van der Waals surface area contributed by atoms with E-state index in [1.807, 2.05) is 38.1 Å². The molecule has 9 heteroatoms.